The van der Waals surface area contributed by atoms with Crippen molar-refractivity contribution < 1.29 is 14.3 Å². The first-order valence-electron chi connectivity index (χ1n) is 9.91. The second kappa shape index (κ2) is 9.36. The molecule has 1 atom stereocenters. The lowest BCUT2D eigenvalue weighted by molar-refractivity contribution is -0.138. The highest BCUT2D eigenvalue weighted by atomic mass is 35.5. The normalized spacial score (nSPS) is 18.0. The van der Waals surface area contributed by atoms with Crippen LogP contribution in [0.2, 0.25) is 10.0 Å². The molecule has 4 rings (SSSR count). The van der Waals surface area contributed by atoms with Crippen molar-refractivity contribution in [3.8, 4) is 6.07 Å². The first kappa shape index (κ1) is 23.0. The summed E-state index contributed by atoms with van der Waals surface area (Å²) in [7, 11) is 0. The van der Waals surface area contributed by atoms with Crippen molar-refractivity contribution in [1.29, 1.82) is 5.26 Å². The minimum absolute atomic E-state index is 0.0237. The molecule has 2 heterocycles. The summed E-state index contributed by atoms with van der Waals surface area (Å²) < 4.78 is 5.34. The molecule has 0 radical (unpaired) electrons. The van der Waals surface area contributed by atoms with Gasteiger partial charge in [0.05, 0.1) is 29.7 Å². The molecule has 2 aromatic carbocycles. The molecule has 0 aromatic heterocycles. The zero-order chi connectivity index (χ0) is 23.7. The van der Waals surface area contributed by atoms with Crippen LogP contribution in [0.3, 0.4) is 0 Å². The molecule has 2 aliphatic rings. The van der Waals surface area contributed by atoms with Crippen LogP contribution in [0.4, 0.5) is 0 Å². The van der Waals surface area contributed by atoms with Crippen LogP contribution in [0.25, 0.3) is 4.91 Å². The summed E-state index contributed by atoms with van der Waals surface area (Å²) in [5.41, 5.74) is 7.96. The summed E-state index contributed by atoms with van der Waals surface area (Å²) in [6.45, 7) is 1.82. The van der Waals surface area contributed by atoms with Crippen molar-refractivity contribution in [3.05, 3.63) is 97.8 Å². The zero-order valence-corrected chi connectivity index (χ0v) is 19.7. The summed E-state index contributed by atoms with van der Waals surface area (Å²) in [5.74, 6) is -1.93. The van der Waals surface area contributed by atoms with Gasteiger partial charge in [0.1, 0.15) is 10.9 Å². The standard InChI is InChI=1S/C24H17Cl2N3O3S/c1-2-32-24(31)21-20(14-5-9-16(26)10-6-14)17(12-27)22(28)29-19(30)11-18(33-23(21)29)13-3-7-15(25)8-4-13/h3-11,20H,2,28H2,1H3. The molecule has 2 N–H and O–H groups in total. The SMILES string of the molecule is CCOC(=O)C1=C2SC(c3ccc(Cl)cc3)=CC(=O)N2C(N)=C(C#N)C1c1ccc(Cl)cc1. The number of allylic oxidation sites excluding steroid dienone is 1. The molecule has 1 unspecified atom stereocenters. The Labute approximate surface area is 204 Å². The molecule has 1 amide bonds. The average Bonchev–Trinajstić information content (AvgIpc) is 2.79. The van der Waals surface area contributed by atoms with E-state index in [1.54, 1.807) is 55.5 Å². The van der Waals surface area contributed by atoms with Crippen molar-refractivity contribution in [2.75, 3.05) is 6.61 Å². The highest BCUT2D eigenvalue weighted by Gasteiger charge is 2.43. The number of hydrogen-bond acceptors (Lipinski definition) is 6. The van der Waals surface area contributed by atoms with Crippen LogP contribution in [0.15, 0.2) is 76.6 Å². The molecule has 2 aromatic rings. The number of nitriles is 1. The molecule has 0 spiro atoms. The number of hydrogen-bond donors (Lipinski definition) is 1. The first-order valence-corrected chi connectivity index (χ1v) is 11.5. The molecule has 0 bridgehead atoms. The third-order valence-corrected chi connectivity index (χ3v) is 6.83. The molecule has 33 heavy (non-hydrogen) atoms. The first-order chi connectivity index (χ1) is 15.8. The van der Waals surface area contributed by atoms with E-state index in [-0.39, 0.29) is 23.6 Å². The number of rotatable bonds is 4. The Bertz CT molecular complexity index is 1280. The fourth-order valence-corrected chi connectivity index (χ4v) is 5.14. The number of amides is 1. The summed E-state index contributed by atoms with van der Waals surface area (Å²) in [5, 5.41) is 11.3. The van der Waals surface area contributed by atoms with E-state index >= 15 is 0 Å². The fourth-order valence-electron chi connectivity index (χ4n) is 3.68. The van der Waals surface area contributed by atoms with E-state index in [1.807, 2.05) is 0 Å². The van der Waals surface area contributed by atoms with Crippen molar-refractivity contribution >= 4 is 51.7 Å². The number of carbonyl (C=O) groups is 2. The van der Waals surface area contributed by atoms with Crippen LogP contribution in [-0.4, -0.2) is 23.4 Å². The second-order valence-corrected chi connectivity index (χ2v) is 9.03. The third-order valence-electron chi connectivity index (χ3n) is 5.16. The van der Waals surface area contributed by atoms with E-state index in [0.717, 1.165) is 5.56 Å². The number of nitrogens with zero attached hydrogens (tertiary/aromatic N) is 2. The van der Waals surface area contributed by atoms with Crippen molar-refractivity contribution in [2.45, 2.75) is 12.8 Å². The lowest BCUT2D eigenvalue weighted by Crippen LogP contribution is -2.40. The summed E-state index contributed by atoms with van der Waals surface area (Å²) >= 11 is 13.3. The summed E-state index contributed by atoms with van der Waals surface area (Å²) in [6.07, 6.45) is 1.42. The molecule has 166 valence electrons. The smallest absolute Gasteiger partial charge is 0.337 e. The van der Waals surface area contributed by atoms with E-state index in [0.29, 0.717) is 25.5 Å². The molecule has 0 aliphatic carbocycles. The van der Waals surface area contributed by atoms with Gasteiger partial charge < -0.3 is 10.5 Å². The maximum atomic E-state index is 13.2. The molecule has 0 saturated heterocycles. The van der Waals surface area contributed by atoms with Crippen LogP contribution in [0.1, 0.15) is 24.0 Å². The van der Waals surface area contributed by atoms with E-state index in [9.17, 15) is 14.9 Å². The van der Waals surface area contributed by atoms with Gasteiger partial charge in [0.2, 0.25) is 0 Å². The monoisotopic (exact) mass is 497 g/mol. The molecular formula is C24H17Cl2N3O3S. The molecule has 9 heteroatoms. The number of thioether (sulfide) groups is 1. The largest absolute Gasteiger partial charge is 0.463 e. The predicted molar refractivity (Wildman–Crippen MR) is 129 cm³/mol. The Morgan fingerprint density at radius 1 is 1.15 bits per heavy atom. The average molecular weight is 498 g/mol. The van der Waals surface area contributed by atoms with Crippen LogP contribution in [0, 0.1) is 11.3 Å². The quantitative estimate of drug-likeness (QED) is 0.584. The topological polar surface area (TPSA) is 96.4 Å². The van der Waals surface area contributed by atoms with Gasteiger partial charge in [-0.05, 0) is 42.3 Å². The van der Waals surface area contributed by atoms with Crippen LogP contribution in [0.5, 0.6) is 0 Å². The van der Waals surface area contributed by atoms with E-state index in [1.165, 1.54) is 22.7 Å². The van der Waals surface area contributed by atoms with Crippen molar-refractivity contribution in [3.63, 3.8) is 0 Å². The molecule has 0 saturated carbocycles. The minimum atomic E-state index is -0.817. The van der Waals surface area contributed by atoms with Gasteiger partial charge >= 0.3 is 5.97 Å². The summed E-state index contributed by atoms with van der Waals surface area (Å²) in [6, 6.07) is 15.9. The van der Waals surface area contributed by atoms with Gasteiger partial charge in [-0.15, -0.1) is 0 Å². The Balaban J connectivity index is 1.94. The van der Waals surface area contributed by atoms with Crippen LogP contribution in [-0.2, 0) is 14.3 Å². The van der Waals surface area contributed by atoms with Gasteiger partial charge in [-0.25, -0.2) is 4.79 Å². The number of benzene rings is 2. The number of ether oxygens (including phenoxy) is 1. The molecule has 6 nitrogen and oxygen atoms in total. The molecule has 2 aliphatic heterocycles. The minimum Gasteiger partial charge on any atom is -0.463 e. The van der Waals surface area contributed by atoms with E-state index in [4.69, 9.17) is 33.7 Å². The van der Waals surface area contributed by atoms with Crippen molar-refractivity contribution in [1.82, 2.24) is 4.90 Å². The van der Waals surface area contributed by atoms with E-state index < -0.39 is 17.8 Å². The number of halogens is 2. The third kappa shape index (κ3) is 4.25. The maximum Gasteiger partial charge on any atom is 0.337 e. The Kier molecular flexibility index (Phi) is 6.52. The zero-order valence-electron chi connectivity index (χ0n) is 17.3. The fraction of sp³-hybridized carbons (Fsp3) is 0.125. The lowest BCUT2D eigenvalue weighted by atomic mass is 9.83. The van der Waals surface area contributed by atoms with Gasteiger partial charge in [-0.1, -0.05) is 59.2 Å². The van der Waals surface area contributed by atoms with Gasteiger partial charge in [0.25, 0.3) is 5.91 Å². The highest BCUT2D eigenvalue weighted by Crippen LogP contribution is 2.50. The number of nitrogens with two attached hydrogens (primary N) is 1. The van der Waals surface area contributed by atoms with Crippen LogP contribution >= 0.6 is 35.0 Å². The molecule has 0 fully saturated rings. The molecular weight excluding hydrogens is 481 g/mol. The highest BCUT2D eigenvalue weighted by molar-refractivity contribution is 8.11. The van der Waals surface area contributed by atoms with Crippen LogP contribution < -0.4 is 5.73 Å². The Hall–Kier alpha value is -3.18. The predicted octanol–water partition coefficient (Wildman–Crippen LogP) is 5.18. The van der Waals surface area contributed by atoms with Gasteiger partial charge in [0, 0.05) is 21.0 Å². The maximum absolute atomic E-state index is 13.2. The van der Waals surface area contributed by atoms with Gasteiger partial charge in [-0.2, -0.15) is 5.26 Å². The Morgan fingerprint density at radius 3 is 2.33 bits per heavy atom. The van der Waals surface area contributed by atoms with E-state index in [2.05, 4.69) is 6.07 Å². The number of esters is 1. The van der Waals surface area contributed by atoms with Gasteiger partial charge in [0.15, 0.2) is 0 Å². The number of carbonyl (C=O) groups excluding carboxylic acids is 2. The summed E-state index contributed by atoms with van der Waals surface area (Å²) in [4.78, 5) is 28.2. The van der Waals surface area contributed by atoms with Crippen molar-refractivity contribution in [2.24, 2.45) is 5.73 Å². The number of fused-ring (bicyclic) bond motifs is 1. The lowest BCUT2D eigenvalue weighted by Gasteiger charge is -2.37. The second-order valence-electron chi connectivity index (χ2n) is 7.13. The van der Waals surface area contributed by atoms with Gasteiger partial charge in [-0.3, -0.25) is 9.69 Å². The Morgan fingerprint density at radius 2 is 1.76 bits per heavy atom.